The van der Waals surface area contributed by atoms with Crippen LogP contribution in [0.5, 0.6) is 0 Å². The molecule has 2 rings (SSSR count). The molecule has 0 aromatic rings. The van der Waals surface area contributed by atoms with Gasteiger partial charge in [0.15, 0.2) is 0 Å². The predicted molar refractivity (Wildman–Crippen MR) is 74.3 cm³/mol. The first-order valence-electron chi connectivity index (χ1n) is 7.85. The maximum Gasteiger partial charge on any atom is 0.392 e. The zero-order valence-corrected chi connectivity index (χ0v) is 12.9. The Balaban J connectivity index is 1.95. The molecule has 1 heterocycles. The van der Waals surface area contributed by atoms with Gasteiger partial charge in [0.1, 0.15) is 0 Å². The fraction of sp³-hybridized carbons (Fsp3) is 0.933. The van der Waals surface area contributed by atoms with E-state index in [1.807, 2.05) is 0 Å². The van der Waals surface area contributed by atoms with Gasteiger partial charge in [-0.15, -0.1) is 0 Å². The molecule has 1 aliphatic heterocycles. The van der Waals surface area contributed by atoms with Crippen LogP contribution < -0.4 is 5.32 Å². The summed E-state index contributed by atoms with van der Waals surface area (Å²) in [6.07, 6.45) is -1.47. The summed E-state index contributed by atoms with van der Waals surface area (Å²) < 4.78 is 50.0. The number of amides is 1. The van der Waals surface area contributed by atoms with Crippen LogP contribution in [0.25, 0.3) is 0 Å². The highest BCUT2D eigenvalue weighted by Crippen LogP contribution is 2.41. The average Bonchev–Trinajstić information content (AvgIpc) is 2.53. The third-order valence-corrected chi connectivity index (χ3v) is 4.94. The Labute approximate surface area is 128 Å². The van der Waals surface area contributed by atoms with Gasteiger partial charge >= 0.3 is 6.18 Å². The van der Waals surface area contributed by atoms with Crippen molar-refractivity contribution in [3.63, 3.8) is 0 Å². The van der Waals surface area contributed by atoms with Crippen molar-refractivity contribution >= 4 is 5.91 Å². The fourth-order valence-electron chi connectivity index (χ4n) is 3.41. The number of nitrogens with one attached hydrogen (secondary N) is 1. The molecule has 2 fully saturated rings. The van der Waals surface area contributed by atoms with Crippen LogP contribution in [0, 0.1) is 11.8 Å². The third kappa shape index (κ3) is 4.13. The topological polar surface area (TPSA) is 47.6 Å². The summed E-state index contributed by atoms with van der Waals surface area (Å²) in [5, 5.41) is 2.70. The minimum atomic E-state index is -4.31. The zero-order valence-electron chi connectivity index (χ0n) is 12.9. The zero-order chi connectivity index (χ0) is 16.2. The van der Waals surface area contributed by atoms with Gasteiger partial charge in [-0.1, -0.05) is 12.8 Å². The molecule has 2 aliphatic rings. The standard InChI is InChI=1S/C15H24F3NO3/c1-21-14(6-8-22-9-7-14)10-19-13(20)11-4-2-3-5-12(11)15(16,17)18/h11-12H,2-10H2,1H3,(H,19,20). The number of ether oxygens (including phenoxy) is 2. The summed E-state index contributed by atoms with van der Waals surface area (Å²) in [5.74, 6) is -2.98. The first-order valence-corrected chi connectivity index (χ1v) is 7.85. The van der Waals surface area contributed by atoms with E-state index in [1.165, 1.54) is 0 Å². The van der Waals surface area contributed by atoms with Crippen LogP contribution in [0.3, 0.4) is 0 Å². The highest BCUT2D eigenvalue weighted by molar-refractivity contribution is 5.79. The summed E-state index contributed by atoms with van der Waals surface area (Å²) in [7, 11) is 1.57. The number of halogens is 3. The van der Waals surface area contributed by atoms with E-state index in [0.717, 1.165) is 0 Å². The van der Waals surface area contributed by atoms with Crippen molar-refractivity contribution in [1.29, 1.82) is 0 Å². The number of methoxy groups -OCH3 is 1. The van der Waals surface area contributed by atoms with E-state index < -0.39 is 29.5 Å². The van der Waals surface area contributed by atoms with Gasteiger partial charge in [-0.05, 0) is 12.8 Å². The lowest BCUT2D eigenvalue weighted by Gasteiger charge is -2.37. The molecular weight excluding hydrogens is 299 g/mol. The van der Waals surface area contributed by atoms with E-state index >= 15 is 0 Å². The molecule has 0 bridgehead atoms. The lowest BCUT2D eigenvalue weighted by atomic mass is 9.78. The molecule has 1 saturated carbocycles. The SMILES string of the molecule is COC1(CNC(=O)C2CCCCC2C(F)(F)F)CCOCC1. The molecule has 0 aromatic heterocycles. The van der Waals surface area contributed by atoms with Gasteiger partial charge in [0.2, 0.25) is 5.91 Å². The molecule has 2 unspecified atom stereocenters. The smallest absolute Gasteiger partial charge is 0.381 e. The summed E-state index contributed by atoms with van der Waals surface area (Å²) >= 11 is 0. The Kier molecular flexibility index (Phi) is 5.71. The minimum absolute atomic E-state index is 0.0465. The van der Waals surface area contributed by atoms with Crippen molar-refractivity contribution in [2.75, 3.05) is 26.9 Å². The lowest BCUT2D eigenvalue weighted by Crippen LogP contribution is -2.51. The maximum absolute atomic E-state index is 13.1. The van der Waals surface area contributed by atoms with E-state index in [-0.39, 0.29) is 13.0 Å². The van der Waals surface area contributed by atoms with Crippen LogP contribution >= 0.6 is 0 Å². The van der Waals surface area contributed by atoms with E-state index in [2.05, 4.69) is 5.32 Å². The van der Waals surface area contributed by atoms with Gasteiger partial charge in [0, 0.05) is 45.6 Å². The van der Waals surface area contributed by atoms with Gasteiger partial charge in [-0.25, -0.2) is 0 Å². The molecule has 22 heavy (non-hydrogen) atoms. The molecule has 1 aliphatic carbocycles. The third-order valence-electron chi connectivity index (χ3n) is 4.94. The fourth-order valence-corrected chi connectivity index (χ4v) is 3.41. The van der Waals surface area contributed by atoms with E-state index in [9.17, 15) is 18.0 Å². The van der Waals surface area contributed by atoms with Crippen molar-refractivity contribution in [2.24, 2.45) is 11.8 Å². The molecule has 7 heteroatoms. The lowest BCUT2D eigenvalue weighted by molar-refractivity contribution is -0.198. The molecule has 128 valence electrons. The molecule has 1 amide bonds. The van der Waals surface area contributed by atoms with Crippen LogP contribution in [0.15, 0.2) is 0 Å². The normalized spacial score (nSPS) is 29.1. The first kappa shape index (κ1) is 17.5. The molecule has 2 atom stereocenters. The number of carbonyl (C=O) groups is 1. The first-order chi connectivity index (χ1) is 10.4. The van der Waals surface area contributed by atoms with Crippen molar-refractivity contribution in [1.82, 2.24) is 5.32 Å². The van der Waals surface area contributed by atoms with Crippen LogP contribution in [0.2, 0.25) is 0 Å². The highest BCUT2D eigenvalue weighted by atomic mass is 19.4. The van der Waals surface area contributed by atoms with Gasteiger partial charge in [-0.3, -0.25) is 4.79 Å². The number of rotatable bonds is 4. The summed E-state index contributed by atoms with van der Waals surface area (Å²) in [5.41, 5.74) is -0.518. The van der Waals surface area contributed by atoms with Crippen LogP contribution in [-0.4, -0.2) is 44.6 Å². The number of hydrogen-bond acceptors (Lipinski definition) is 3. The number of alkyl halides is 3. The summed E-state index contributed by atoms with van der Waals surface area (Å²) in [4.78, 5) is 12.3. The minimum Gasteiger partial charge on any atom is -0.381 e. The molecule has 0 spiro atoms. The van der Waals surface area contributed by atoms with E-state index in [0.29, 0.717) is 45.3 Å². The van der Waals surface area contributed by atoms with E-state index in [1.54, 1.807) is 7.11 Å². The van der Waals surface area contributed by atoms with Crippen LogP contribution in [0.4, 0.5) is 13.2 Å². The Morgan fingerprint density at radius 3 is 2.50 bits per heavy atom. The van der Waals surface area contributed by atoms with Gasteiger partial charge in [0.25, 0.3) is 0 Å². The maximum atomic E-state index is 13.1. The highest BCUT2D eigenvalue weighted by Gasteiger charge is 2.48. The van der Waals surface area contributed by atoms with Crippen molar-refractivity contribution < 1.29 is 27.4 Å². The van der Waals surface area contributed by atoms with Gasteiger partial charge in [-0.2, -0.15) is 13.2 Å². The summed E-state index contributed by atoms with van der Waals surface area (Å²) in [6.45, 7) is 1.32. The Morgan fingerprint density at radius 2 is 1.91 bits per heavy atom. The molecule has 0 radical (unpaired) electrons. The van der Waals surface area contributed by atoms with Crippen LogP contribution in [-0.2, 0) is 14.3 Å². The second-order valence-corrected chi connectivity index (χ2v) is 6.26. The molecule has 0 aromatic carbocycles. The van der Waals surface area contributed by atoms with Crippen molar-refractivity contribution in [2.45, 2.75) is 50.3 Å². The molecular formula is C15H24F3NO3. The Bertz CT molecular complexity index is 381. The Morgan fingerprint density at radius 1 is 1.27 bits per heavy atom. The second-order valence-electron chi connectivity index (χ2n) is 6.26. The van der Waals surface area contributed by atoms with Gasteiger partial charge in [0.05, 0.1) is 11.5 Å². The monoisotopic (exact) mass is 323 g/mol. The van der Waals surface area contributed by atoms with Gasteiger partial charge < -0.3 is 14.8 Å². The molecule has 1 saturated heterocycles. The number of hydrogen-bond donors (Lipinski definition) is 1. The quantitative estimate of drug-likeness (QED) is 0.865. The van der Waals surface area contributed by atoms with E-state index in [4.69, 9.17) is 9.47 Å². The van der Waals surface area contributed by atoms with Crippen molar-refractivity contribution in [3.05, 3.63) is 0 Å². The number of carbonyl (C=O) groups excluding carboxylic acids is 1. The Hall–Kier alpha value is -0.820. The molecule has 1 N–H and O–H groups in total. The predicted octanol–water partition coefficient (Wildman–Crippen LogP) is 2.67. The van der Waals surface area contributed by atoms with Crippen LogP contribution in [0.1, 0.15) is 38.5 Å². The summed E-state index contributed by atoms with van der Waals surface area (Å²) in [6, 6.07) is 0. The largest absolute Gasteiger partial charge is 0.392 e. The second kappa shape index (κ2) is 7.17. The average molecular weight is 323 g/mol. The van der Waals surface area contributed by atoms with Crippen molar-refractivity contribution in [3.8, 4) is 0 Å². The molecule has 4 nitrogen and oxygen atoms in total.